The van der Waals surface area contributed by atoms with Crippen molar-refractivity contribution in [2.45, 2.75) is 0 Å². The number of amides is 2. The van der Waals surface area contributed by atoms with Crippen LogP contribution in [0.4, 0.5) is 11.4 Å². The molecule has 0 aromatic heterocycles. The number of ether oxygens (including phenoxy) is 3. The molecule has 11 nitrogen and oxygen atoms in total. The number of methoxy groups -OCH3 is 2. The molecule has 35 heavy (non-hydrogen) atoms. The molecule has 0 aliphatic rings. The summed E-state index contributed by atoms with van der Waals surface area (Å²) in [5, 5.41) is 17.4. The number of hydrogen-bond donors (Lipinski definition) is 2. The largest absolute Gasteiger partial charge is 0.497 e. The number of nitrogens with zero attached hydrogens (tertiary/aromatic N) is 2. The fraction of sp³-hybridized carbons (Fsp3) is 0.125. The number of hydrogen-bond acceptors (Lipinski definition) is 8. The smallest absolute Gasteiger partial charge is 0.271 e. The van der Waals surface area contributed by atoms with Crippen LogP contribution in [0.15, 0.2) is 71.8 Å². The first-order valence-corrected chi connectivity index (χ1v) is 10.2. The van der Waals surface area contributed by atoms with Crippen LogP contribution in [0.25, 0.3) is 0 Å². The van der Waals surface area contributed by atoms with Crippen LogP contribution in [0.3, 0.4) is 0 Å². The van der Waals surface area contributed by atoms with Crippen molar-refractivity contribution < 1.29 is 28.7 Å². The Kier molecular flexibility index (Phi) is 8.33. The van der Waals surface area contributed by atoms with Crippen molar-refractivity contribution in [1.82, 2.24) is 5.43 Å². The zero-order chi connectivity index (χ0) is 25.2. The minimum absolute atomic E-state index is 0.102. The summed E-state index contributed by atoms with van der Waals surface area (Å²) in [5.74, 6) is 0.425. The molecular weight excluding hydrogens is 456 g/mol. The van der Waals surface area contributed by atoms with Gasteiger partial charge in [0, 0.05) is 23.4 Å². The first-order valence-electron chi connectivity index (χ1n) is 10.2. The van der Waals surface area contributed by atoms with E-state index in [1.807, 2.05) is 0 Å². The average molecular weight is 478 g/mol. The van der Waals surface area contributed by atoms with Gasteiger partial charge in [-0.15, -0.1) is 0 Å². The molecule has 2 N–H and O–H groups in total. The van der Waals surface area contributed by atoms with Gasteiger partial charge in [0.05, 0.1) is 25.4 Å². The highest BCUT2D eigenvalue weighted by Gasteiger charge is 2.11. The number of anilines is 1. The van der Waals surface area contributed by atoms with Crippen molar-refractivity contribution >= 4 is 29.4 Å². The molecule has 0 bridgehead atoms. The Morgan fingerprint density at radius 2 is 1.77 bits per heavy atom. The lowest BCUT2D eigenvalue weighted by molar-refractivity contribution is -0.384. The van der Waals surface area contributed by atoms with Crippen molar-refractivity contribution in [2.75, 3.05) is 26.1 Å². The lowest BCUT2D eigenvalue weighted by Gasteiger charge is -2.11. The van der Waals surface area contributed by atoms with Crippen molar-refractivity contribution in [3.63, 3.8) is 0 Å². The third-order valence-corrected chi connectivity index (χ3v) is 4.62. The molecule has 3 rings (SSSR count). The number of carbonyl (C=O) groups excluding carboxylic acids is 2. The van der Waals surface area contributed by atoms with E-state index in [4.69, 9.17) is 14.2 Å². The van der Waals surface area contributed by atoms with Gasteiger partial charge in [0.2, 0.25) is 0 Å². The topological polar surface area (TPSA) is 141 Å². The van der Waals surface area contributed by atoms with Gasteiger partial charge < -0.3 is 19.5 Å². The van der Waals surface area contributed by atoms with Gasteiger partial charge in [-0.3, -0.25) is 19.7 Å². The number of nitrogens with one attached hydrogen (secondary N) is 2. The van der Waals surface area contributed by atoms with E-state index in [0.717, 1.165) is 6.07 Å². The molecule has 0 radical (unpaired) electrons. The molecule has 2 amide bonds. The van der Waals surface area contributed by atoms with E-state index < -0.39 is 10.8 Å². The van der Waals surface area contributed by atoms with E-state index in [0.29, 0.717) is 28.5 Å². The Morgan fingerprint density at radius 3 is 2.46 bits per heavy atom. The number of rotatable bonds is 10. The highest BCUT2D eigenvalue weighted by Crippen LogP contribution is 2.27. The van der Waals surface area contributed by atoms with Crippen LogP contribution < -0.4 is 25.0 Å². The third kappa shape index (κ3) is 7.02. The van der Waals surface area contributed by atoms with Crippen LogP contribution in [-0.2, 0) is 4.79 Å². The number of nitro benzene ring substituents is 1. The summed E-state index contributed by atoms with van der Waals surface area (Å²) in [6.45, 7) is -0.241. The van der Waals surface area contributed by atoms with Crippen molar-refractivity contribution in [1.29, 1.82) is 0 Å². The maximum absolute atomic E-state index is 12.2. The molecule has 3 aromatic carbocycles. The summed E-state index contributed by atoms with van der Waals surface area (Å²) in [5.41, 5.74) is 3.40. The van der Waals surface area contributed by atoms with Crippen molar-refractivity contribution in [3.05, 3.63) is 88.0 Å². The Bertz CT molecular complexity index is 1240. The van der Waals surface area contributed by atoms with Crippen LogP contribution >= 0.6 is 0 Å². The van der Waals surface area contributed by atoms with Gasteiger partial charge >= 0.3 is 0 Å². The molecule has 0 spiro atoms. The third-order valence-electron chi connectivity index (χ3n) is 4.62. The Morgan fingerprint density at radius 1 is 1.00 bits per heavy atom. The lowest BCUT2D eigenvalue weighted by atomic mass is 10.2. The zero-order valence-electron chi connectivity index (χ0n) is 18.9. The van der Waals surface area contributed by atoms with Crippen LogP contribution in [0.1, 0.15) is 15.9 Å². The quantitative estimate of drug-likeness (QED) is 0.258. The summed E-state index contributed by atoms with van der Waals surface area (Å²) >= 11 is 0. The summed E-state index contributed by atoms with van der Waals surface area (Å²) in [4.78, 5) is 34.6. The number of non-ortho nitro benzene ring substituents is 1. The summed E-state index contributed by atoms with van der Waals surface area (Å²) in [7, 11) is 3.01. The standard InChI is InChI=1S/C24H22N4O7/c1-33-20-9-7-18(8-10-20)26-23(29)15-35-21-11-6-16(12-22(21)34-2)14-25-27-24(30)17-4-3-5-19(13-17)28(31)32/h3-14H,15H2,1-2H3,(H,26,29)(H,27,30)/b25-14+. The van der Waals surface area contributed by atoms with Crippen LogP contribution in [-0.4, -0.2) is 43.8 Å². The fourth-order valence-electron chi connectivity index (χ4n) is 2.89. The summed E-state index contributed by atoms with van der Waals surface area (Å²) in [6, 6.07) is 17.0. The minimum Gasteiger partial charge on any atom is -0.497 e. The summed E-state index contributed by atoms with van der Waals surface area (Å²) < 4.78 is 16.0. The molecule has 0 aliphatic heterocycles. The van der Waals surface area contributed by atoms with Gasteiger partial charge in [0.1, 0.15) is 5.75 Å². The highest BCUT2D eigenvalue weighted by atomic mass is 16.6. The van der Waals surface area contributed by atoms with Crippen LogP contribution in [0.5, 0.6) is 17.2 Å². The molecule has 0 fully saturated rings. The van der Waals surface area contributed by atoms with Gasteiger partial charge in [-0.25, -0.2) is 5.43 Å². The highest BCUT2D eigenvalue weighted by molar-refractivity contribution is 5.95. The van der Waals surface area contributed by atoms with Crippen LogP contribution in [0, 0.1) is 10.1 Å². The van der Waals surface area contributed by atoms with E-state index >= 15 is 0 Å². The second-order valence-corrected chi connectivity index (χ2v) is 6.98. The Labute approximate surface area is 200 Å². The molecule has 0 atom stereocenters. The van der Waals surface area contributed by atoms with E-state index in [9.17, 15) is 19.7 Å². The Balaban J connectivity index is 1.56. The fourth-order valence-corrected chi connectivity index (χ4v) is 2.89. The second-order valence-electron chi connectivity index (χ2n) is 6.98. The molecule has 0 saturated carbocycles. The van der Waals surface area contributed by atoms with E-state index in [-0.39, 0.29) is 23.8 Å². The molecule has 0 unspecified atom stereocenters. The molecule has 0 aliphatic carbocycles. The molecule has 0 saturated heterocycles. The summed E-state index contributed by atoms with van der Waals surface area (Å²) in [6.07, 6.45) is 1.37. The molecule has 11 heteroatoms. The number of carbonyl (C=O) groups is 2. The minimum atomic E-state index is -0.597. The monoisotopic (exact) mass is 478 g/mol. The van der Waals surface area contributed by atoms with E-state index in [1.54, 1.807) is 49.6 Å². The van der Waals surface area contributed by atoms with E-state index in [2.05, 4.69) is 15.8 Å². The second kappa shape index (κ2) is 11.8. The average Bonchev–Trinajstić information content (AvgIpc) is 2.88. The van der Waals surface area contributed by atoms with Crippen molar-refractivity contribution in [3.8, 4) is 17.2 Å². The van der Waals surface area contributed by atoms with Gasteiger partial charge in [-0.2, -0.15) is 5.10 Å². The van der Waals surface area contributed by atoms with Crippen molar-refractivity contribution in [2.24, 2.45) is 5.10 Å². The molecule has 180 valence electrons. The Hall–Kier alpha value is -4.93. The molecule has 3 aromatic rings. The molecule has 0 heterocycles. The number of nitro groups is 1. The van der Waals surface area contributed by atoms with Gasteiger partial charge in [0.15, 0.2) is 18.1 Å². The maximum Gasteiger partial charge on any atom is 0.271 e. The molecular formula is C24H22N4O7. The maximum atomic E-state index is 12.2. The number of hydrazone groups is 1. The SMILES string of the molecule is COc1ccc(NC(=O)COc2ccc(/C=N/NC(=O)c3cccc([N+](=O)[O-])c3)cc2OC)cc1. The first-order chi connectivity index (χ1) is 16.9. The van der Waals surface area contributed by atoms with Gasteiger partial charge in [-0.1, -0.05) is 6.07 Å². The van der Waals surface area contributed by atoms with Crippen LogP contribution in [0.2, 0.25) is 0 Å². The first kappa shape index (κ1) is 24.7. The van der Waals surface area contributed by atoms with E-state index in [1.165, 1.54) is 31.5 Å². The lowest BCUT2D eigenvalue weighted by Crippen LogP contribution is -2.20. The number of benzene rings is 3. The predicted octanol–water partition coefficient (Wildman–Crippen LogP) is 3.39. The van der Waals surface area contributed by atoms with Gasteiger partial charge in [0.25, 0.3) is 17.5 Å². The zero-order valence-corrected chi connectivity index (χ0v) is 18.9. The normalized spacial score (nSPS) is 10.5. The van der Waals surface area contributed by atoms with Gasteiger partial charge in [-0.05, 0) is 54.1 Å². The predicted molar refractivity (Wildman–Crippen MR) is 128 cm³/mol.